The zero-order valence-corrected chi connectivity index (χ0v) is 22.4. The maximum absolute atomic E-state index is 13.0. The van der Waals surface area contributed by atoms with Gasteiger partial charge in [0.05, 0.1) is 6.42 Å². The minimum absolute atomic E-state index is 0.0879. The van der Waals surface area contributed by atoms with Crippen LogP contribution < -0.4 is 5.32 Å². The van der Waals surface area contributed by atoms with Gasteiger partial charge in [-0.25, -0.2) is 4.79 Å². The highest BCUT2D eigenvalue weighted by Crippen LogP contribution is 2.44. The van der Waals surface area contributed by atoms with Gasteiger partial charge in [-0.3, -0.25) is 4.79 Å². The molecule has 0 radical (unpaired) electrons. The number of fused-ring (bicyclic) bond motifs is 3. The van der Waals surface area contributed by atoms with Crippen molar-refractivity contribution in [2.75, 3.05) is 6.61 Å². The highest BCUT2D eigenvalue weighted by atomic mass is 16.6. The van der Waals surface area contributed by atoms with Crippen molar-refractivity contribution in [2.24, 2.45) is 0 Å². The molecular formula is C31H31N3O5. The van der Waals surface area contributed by atoms with Crippen LogP contribution >= 0.6 is 0 Å². The largest absolute Gasteiger partial charge is 0.460 e. The number of alkyl carbamates (subject to hydrolysis) is 1. The summed E-state index contributed by atoms with van der Waals surface area (Å²) in [6.45, 7) is 7.46. The number of carbonyl (C=O) groups is 2. The van der Waals surface area contributed by atoms with E-state index in [1.165, 1.54) is 0 Å². The average Bonchev–Trinajstić information content (AvgIpc) is 3.50. The molecule has 0 aliphatic heterocycles. The molecule has 1 aliphatic carbocycles. The number of nitrogens with one attached hydrogen (secondary N) is 1. The van der Waals surface area contributed by atoms with Gasteiger partial charge in [-0.1, -0.05) is 83.5 Å². The first-order chi connectivity index (χ1) is 18.7. The molecule has 0 unspecified atom stereocenters. The van der Waals surface area contributed by atoms with E-state index in [-0.39, 0.29) is 24.8 Å². The van der Waals surface area contributed by atoms with Gasteiger partial charge in [0.2, 0.25) is 11.7 Å². The molecule has 4 aromatic rings. The van der Waals surface area contributed by atoms with Gasteiger partial charge >= 0.3 is 12.1 Å². The first-order valence-corrected chi connectivity index (χ1v) is 12.9. The van der Waals surface area contributed by atoms with Crippen molar-refractivity contribution < 1.29 is 23.6 Å². The molecule has 1 N–H and O–H groups in total. The summed E-state index contributed by atoms with van der Waals surface area (Å²) in [6, 6.07) is 22.9. The van der Waals surface area contributed by atoms with Crippen LogP contribution in [0.5, 0.6) is 0 Å². The number of benzene rings is 3. The predicted octanol–water partition coefficient (Wildman–Crippen LogP) is 6.36. The van der Waals surface area contributed by atoms with Crippen LogP contribution in [-0.4, -0.2) is 34.4 Å². The number of nitrogens with zero attached hydrogens (tertiary/aromatic N) is 2. The molecule has 1 atom stereocenters. The molecule has 39 heavy (non-hydrogen) atoms. The third kappa shape index (κ3) is 6.00. The number of rotatable bonds is 7. The summed E-state index contributed by atoms with van der Waals surface area (Å²) in [5.41, 5.74) is 5.66. The third-order valence-electron chi connectivity index (χ3n) is 6.48. The van der Waals surface area contributed by atoms with E-state index in [1.54, 1.807) is 20.8 Å². The molecule has 0 spiro atoms. The van der Waals surface area contributed by atoms with E-state index in [0.29, 0.717) is 5.82 Å². The Balaban J connectivity index is 1.32. The Bertz CT molecular complexity index is 1440. The summed E-state index contributed by atoms with van der Waals surface area (Å²) in [6.07, 6.45) is -0.891. The van der Waals surface area contributed by atoms with E-state index < -0.39 is 23.7 Å². The summed E-state index contributed by atoms with van der Waals surface area (Å²) in [4.78, 5) is 30.1. The van der Waals surface area contributed by atoms with Crippen LogP contribution in [0.2, 0.25) is 0 Å². The van der Waals surface area contributed by atoms with E-state index in [2.05, 4.69) is 39.7 Å². The normalized spacial score (nSPS) is 13.3. The number of carbonyl (C=O) groups excluding carboxylic acids is 2. The van der Waals surface area contributed by atoms with Gasteiger partial charge in [0.1, 0.15) is 18.2 Å². The number of aryl methyl sites for hydroxylation is 1. The second-order valence-electron chi connectivity index (χ2n) is 10.6. The second kappa shape index (κ2) is 10.7. The summed E-state index contributed by atoms with van der Waals surface area (Å²) in [5, 5.41) is 6.79. The van der Waals surface area contributed by atoms with E-state index in [4.69, 9.17) is 14.0 Å². The lowest BCUT2D eigenvalue weighted by molar-refractivity contribution is -0.155. The van der Waals surface area contributed by atoms with Gasteiger partial charge < -0.3 is 19.3 Å². The average molecular weight is 526 g/mol. The van der Waals surface area contributed by atoms with Gasteiger partial charge in [-0.05, 0) is 49.9 Å². The highest BCUT2D eigenvalue weighted by molar-refractivity contribution is 5.79. The fraction of sp³-hybridized carbons (Fsp3) is 0.290. The van der Waals surface area contributed by atoms with Gasteiger partial charge in [-0.2, -0.15) is 4.98 Å². The molecule has 1 heterocycles. The van der Waals surface area contributed by atoms with Crippen molar-refractivity contribution in [3.05, 3.63) is 95.4 Å². The van der Waals surface area contributed by atoms with Crippen LogP contribution in [0.25, 0.3) is 22.5 Å². The van der Waals surface area contributed by atoms with Gasteiger partial charge in [0.15, 0.2) is 0 Å². The van der Waals surface area contributed by atoms with E-state index >= 15 is 0 Å². The molecule has 5 rings (SSSR count). The molecular weight excluding hydrogens is 494 g/mol. The van der Waals surface area contributed by atoms with Gasteiger partial charge in [0.25, 0.3) is 0 Å². The first-order valence-electron chi connectivity index (χ1n) is 12.9. The molecule has 200 valence electrons. The fourth-order valence-corrected chi connectivity index (χ4v) is 4.73. The Kier molecular flexibility index (Phi) is 7.19. The van der Waals surface area contributed by atoms with Gasteiger partial charge in [0, 0.05) is 11.5 Å². The number of hydrogen-bond donors (Lipinski definition) is 1. The maximum atomic E-state index is 13.0. The third-order valence-corrected chi connectivity index (χ3v) is 6.48. The Morgan fingerprint density at radius 1 is 0.949 bits per heavy atom. The lowest BCUT2D eigenvalue weighted by Crippen LogP contribution is -2.33. The van der Waals surface area contributed by atoms with Crippen molar-refractivity contribution in [3.8, 4) is 22.5 Å². The van der Waals surface area contributed by atoms with E-state index in [1.807, 2.05) is 55.5 Å². The SMILES string of the molecule is Cc1ccc(-c2noc([C@@H](CC(=O)OC(C)(C)C)NC(=O)OCC3c4ccccc4-c4ccccc43)n2)cc1. The minimum Gasteiger partial charge on any atom is -0.460 e. The molecule has 0 saturated heterocycles. The number of aromatic nitrogens is 2. The smallest absolute Gasteiger partial charge is 0.407 e. The van der Waals surface area contributed by atoms with Crippen LogP contribution in [0.4, 0.5) is 4.79 Å². The standard InChI is InChI=1S/C31H31N3O5/c1-19-13-15-20(16-14-19)28-33-29(39-34-28)26(17-27(35)38-31(2,3)4)32-30(36)37-18-25-23-11-7-5-9-21(23)22-10-6-8-12-24(22)25/h5-16,25-26H,17-18H2,1-4H3,(H,32,36)/t26-/m1/s1. The van der Waals surface area contributed by atoms with Crippen LogP contribution in [0.15, 0.2) is 77.3 Å². The molecule has 1 aliphatic rings. The Hall–Kier alpha value is -4.46. The van der Waals surface area contributed by atoms with Crippen LogP contribution in [0.1, 0.15) is 61.7 Å². The predicted molar refractivity (Wildman–Crippen MR) is 146 cm³/mol. The number of esters is 1. The van der Waals surface area contributed by atoms with Crippen LogP contribution in [-0.2, 0) is 14.3 Å². The molecule has 0 fully saturated rings. The molecule has 0 bridgehead atoms. The summed E-state index contributed by atoms with van der Waals surface area (Å²) < 4.78 is 16.6. The molecule has 8 nitrogen and oxygen atoms in total. The first kappa shape index (κ1) is 26.2. The monoisotopic (exact) mass is 525 g/mol. The Morgan fingerprint density at radius 2 is 1.56 bits per heavy atom. The maximum Gasteiger partial charge on any atom is 0.407 e. The van der Waals surface area contributed by atoms with Crippen molar-refractivity contribution in [3.63, 3.8) is 0 Å². The van der Waals surface area contributed by atoms with E-state index in [9.17, 15) is 9.59 Å². The zero-order chi connectivity index (χ0) is 27.6. The second-order valence-corrected chi connectivity index (χ2v) is 10.6. The van der Waals surface area contributed by atoms with Crippen LogP contribution in [0.3, 0.4) is 0 Å². The summed E-state index contributed by atoms with van der Waals surface area (Å²) in [7, 11) is 0. The van der Waals surface area contributed by atoms with Crippen molar-refractivity contribution in [2.45, 2.75) is 51.7 Å². The number of hydrogen-bond acceptors (Lipinski definition) is 7. The topological polar surface area (TPSA) is 104 Å². The molecule has 3 aromatic carbocycles. The number of ether oxygens (including phenoxy) is 2. The quantitative estimate of drug-likeness (QED) is 0.280. The zero-order valence-electron chi connectivity index (χ0n) is 22.4. The molecule has 0 saturated carbocycles. The summed E-state index contributed by atoms with van der Waals surface area (Å²) in [5.74, 6) is -0.163. The molecule has 1 amide bonds. The minimum atomic E-state index is -0.929. The van der Waals surface area contributed by atoms with Crippen molar-refractivity contribution >= 4 is 12.1 Å². The lowest BCUT2D eigenvalue weighted by Gasteiger charge is -2.21. The highest BCUT2D eigenvalue weighted by Gasteiger charge is 2.31. The molecule has 1 aromatic heterocycles. The van der Waals surface area contributed by atoms with Crippen molar-refractivity contribution in [1.29, 1.82) is 0 Å². The Labute approximate surface area is 227 Å². The lowest BCUT2D eigenvalue weighted by atomic mass is 9.98. The number of amides is 1. The van der Waals surface area contributed by atoms with E-state index in [0.717, 1.165) is 33.4 Å². The summed E-state index contributed by atoms with van der Waals surface area (Å²) >= 11 is 0. The van der Waals surface area contributed by atoms with Gasteiger partial charge in [-0.15, -0.1) is 0 Å². The Morgan fingerprint density at radius 3 is 2.18 bits per heavy atom. The van der Waals surface area contributed by atoms with Crippen LogP contribution in [0, 0.1) is 6.92 Å². The van der Waals surface area contributed by atoms with Crippen molar-refractivity contribution in [1.82, 2.24) is 15.5 Å². The fourth-order valence-electron chi connectivity index (χ4n) is 4.73. The molecule has 8 heteroatoms.